The molecule has 0 aliphatic rings. The molecule has 0 spiro atoms. The van der Waals surface area contributed by atoms with Gasteiger partial charge in [0.2, 0.25) is 0 Å². The molecule has 0 heterocycles. The van der Waals surface area contributed by atoms with Crippen LogP contribution in [0, 0.1) is 0 Å². The maximum Gasteiger partial charge on any atom is 0.333 e. The number of ether oxygens (including phenoxy) is 1. The maximum absolute atomic E-state index is 11.0. The predicted molar refractivity (Wildman–Crippen MR) is 63.2 cm³/mol. The summed E-state index contributed by atoms with van der Waals surface area (Å²) >= 11 is 0. The number of esters is 1. The molecule has 0 aromatic carbocycles. The minimum absolute atomic E-state index is 0.153. The third-order valence-electron chi connectivity index (χ3n) is 2.01. The first-order chi connectivity index (χ1) is 7.57. The average Bonchev–Trinajstić information content (AvgIpc) is 2.24. The van der Waals surface area contributed by atoms with E-state index in [1.54, 1.807) is 6.92 Å². The van der Waals surface area contributed by atoms with Crippen LogP contribution in [0.1, 0.15) is 6.92 Å². The van der Waals surface area contributed by atoms with Crippen molar-refractivity contribution in [3.63, 3.8) is 0 Å². The van der Waals surface area contributed by atoms with Gasteiger partial charge in [0.1, 0.15) is 6.61 Å². The van der Waals surface area contributed by atoms with Crippen molar-refractivity contribution in [2.24, 2.45) is 0 Å². The van der Waals surface area contributed by atoms with Crippen molar-refractivity contribution < 1.29 is 14.6 Å². The molecule has 0 aromatic heterocycles. The van der Waals surface area contributed by atoms with Crippen molar-refractivity contribution in [3.8, 4) is 0 Å². The summed E-state index contributed by atoms with van der Waals surface area (Å²) in [4.78, 5) is 13.1. The zero-order valence-corrected chi connectivity index (χ0v) is 10.2. The lowest BCUT2D eigenvalue weighted by Crippen LogP contribution is -2.33. The molecule has 0 saturated heterocycles. The fourth-order valence-electron chi connectivity index (χ4n) is 1.00. The summed E-state index contributed by atoms with van der Waals surface area (Å²) in [6, 6.07) is 0. The highest BCUT2D eigenvalue weighted by molar-refractivity contribution is 5.86. The Kier molecular flexibility index (Phi) is 8.80. The van der Waals surface area contributed by atoms with Crippen LogP contribution in [0.25, 0.3) is 0 Å². The Morgan fingerprint density at radius 3 is 2.69 bits per heavy atom. The molecule has 0 aromatic rings. The molecule has 0 rings (SSSR count). The Labute approximate surface area is 97.1 Å². The van der Waals surface area contributed by atoms with E-state index >= 15 is 0 Å². The highest BCUT2D eigenvalue weighted by atomic mass is 16.5. The number of likely N-dealkylation sites (N-methyl/N-ethyl adjacent to an activating group) is 1. The van der Waals surface area contributed by atoms with E-state index in [-0.39, 0.29) is 12.6 Å². The van der Waals surface area contributed by atoms with Gasteiger partial charge in [-0.3, -0.25) is 0 Å². The first-order valence-corrected chi connectivity index (χ1v) is 5.40. The van der Waals surface area contributed by atoms with Crippen molar-refractivity contribution in [2.75, 3.05) is 46.4 Å². The number of carbonyl (C=O) groups is 1. The van der Waals surface area contributed by atoms with Crippen molar-refractivity contribution in [2.45, 2.75) is 6.92 Å². The summed E-state index contributed by atoms with van der Waals surface area (Å²) in [5.41, 5.74) is 0.423. The smallest absolute Gasteiger partial charge is 0.333 e. The zero-order chi connectivity index (χ0) is 12.4. The molecule has 5 heteroatoms. The number of hydrogen-bond acceptors (Lipinski definition) is 5. The fourth-order valence-corrected chi connectivity index (χ4v) is 1.00. The van der Waals surface area contributed by atoms with E-state index < -0.39 is 0 Å². The lowest BCUT2D eigenvalue weighted by Gasteiger charge is -2.16. The molecular formula is C11H22N2O3. The number of rotatable bonds is 9. The highest BCUT2D eigenvalue weighted by Gasteiger charge is 2.03. The van der Waals surface area contributed by atoms with Gasteiger partial charge in [0.15, 0.2) is 0 Å². The summed E-state index contributed by atoms with van der Waals surface area (Å²) < 4.78 is 4.96. The van der Waals surface area contributed by atoms with Crippen molar-refractivity contribution in [3.05, 3.63) is 12.2 Å². The van der Waals surface area contributed by atoms with Crippen LogP contribution in [0.3, 0.4) is 0 Å². The van der Waals surface area contributed by atoms with Gasteiger partial charge in [-0.05, 0) is 14.0 Å². The first kappa shape index (κ1) is 15.1. The number of aliphatic hydroxyl groups excluding tert-OH is 1. The SMILES string of the molecule is C=C(C)C(=O)OCCN(C)CCNCCO. The van der Waals surface area contributed by atoms with Gasteiger partial charge >= 0.3 is 5.97 Å². The molecule has 0 aliphatic carbocycles. The van der Waals surface area contributed by atoms with Crippen LogP contribution in [0.15, 0.2) is 12.2 Å². The van der Waals surface area contributed by atoms with Crippen LogP contribution in [0.5, 0.6) is 0 Å². The Morgan fingerprint density at radius 2 is 2.12 bits per heavy atom. The van der Waals surface area contributed by atoms with Gasteiger partial charge in [-0.25, -0.2) is 4.79 Å². The molecule has 0 amide bonds. The largest absolute Gasteiger partial charge is 0.461 e. The molecule has 0 bridgehead atoms. The van der Waals surface area contributed by atoms with Gasteiger partial charge < -0.3 is 20.1 Å². The van der Waals surface area contributed by atoms with E-state index in [0.717, 1.165) is 13.1 Å². The Hall–Kier alpha value is -0.910. The summed E-state index contributed by atoms with van der Waals surface area (Å²) in [6.07, 6.45) is 0. The van der Waals surface area contributed by atoms with Gasteiger partial charge in [0.05, 0.1) is 6.61 Å². The van der Waals surface area contributed by atoms with Crippen LogP contribution in [-0.4, -0.2) is 62.4 Å². The topological polar surface area (TPSA) is 61.8 Å². The molecule has 94 valence electrons. The van der Waals surface area contributed by atoms with Crippen molar-refractivity contribution in [1.82, 2.24) is 10.2 Å². The van der Waals surface area contributed by atoms with E-state index in [9.17, 15) is 4.79 Å². The van der Waals surface area contributed by atoms with E-state index in [2.05, 4.69) is 16.8 Å². The van der Waals surface area contributed by atoms with E-state index in [4.69, 9.17) is 9.84 Å². The summed E-state index contributed by atoms with van der Waals surface area (Å²) in [6.45, 7) is 8.63. The fraction of sp³-hybridized carbons (Fsp3) is 0.727. The van der Waals surface area contributed by atoms with Crippen molar-refractivity contribution in [1.29, 1.82) is 0 Å². The molecular weight excluding hydrogens is 208 g/mol. The standard InChI is InChI=1S/C11H22N2O3/c1-10(2)11(15)16-9-7-13(3)6-4-12-5-8-14/h12,14H,1,4-9H2,2-3H3. The van der Waals surface area contributed by atoms with E-state index in [1.807, 2.05) is 7.05 Å². The molecule has 2 N–H and O–H groups in total. The number of carbonyl (C=O) groups excluding carboxylic acids is 1. The highest BCUT2D eigenvalue weighted by Crippen LogP contribution is 1.92. The molecule has 16 heavy (non-hydrogen) atoms. The normalized spacial score (nSPS) is 10.5. The number of hydrogen-bond donors (Lipinski definition) is 2. The summed E-state index contributed by atoms with van der Waals surface area (Å²) in [7, 11) is 1.95. The summed E-state index contributed by atoms with van der Waals surface area (Å²) in [5, 5.41) is 11.6. The zero-order valence-electron chi connectivity index (χ0n) is 10.2. The average molecular weight is 230 g/mol. The third-order valence-corrected chi connectivity index (χ3v) is 2.01. The third kappa shape index (κ3) is 8.40. The van der Waals surface area contributed by atoms with Gasteiger partial charge in [-0.2, -0.15) is 0 Å². The van der Waals surface area contributed by atoms with Crippen LogP contribution in [-0.2, 0) is 9.53 Å². The van der Waals surface area contributed by atoms with Crippen LogP contribution in [0.2, 0.25) is 0 Å². The van der Waals surface area contributed by atoms with Gasteiger partial charge in [-0.15, -0.1) is 0 Å². The second-order valence-electron chi connectivity index (χ2n) is 3.69. The molecule has 0 atom stereocenters. The van der Waals surface area contributed by atoms with Crippen LogP contribution < -0.4 is 5.32 Å². The second-order valence-corrected chi connectivity index (χ2v) is 3.69. The summed E-state index contributed by atoms with van der Waals surface area (Å²) in [5.74, 6) is -0.341. The van der Waals surface area contributed by atoms with Gasteiger partial charge in [-0.1, -0.05) is 6.58 Å². The molecule has 0 aliphatic heterocycles. The van der Waals surface area contributed by atoms with Crippen LogP contribution in [0.4, 0.5) is 0 Å². The van der Waals surface area contributed by atoms with E-state index in [0.29, 0.717) is 25.3 Å². The van der Waals surface area contributed by atoms with Gasteiger partial charge in [0, 0.05) is 31.8 Å². The quantitative estimate of drug-likeness (QED) is 0.321. The predicted octanol–water partition coefficient (Wildman–Crippen LogP) is -0.381. The minimum atomic E-state index is -0.341. The lowest BCUT2D eigenvalue weighted by atomic mass is 10.4. The maximum atomic E-state index is 11.0. The van der Waals surface area contributed by atoms with Crippen LogP contribution >= 0.6 is 0 Å². The number of aliphatic hydroxyl groups is 1. The second kappa shape index (κ2) is 9.33. The number of nitrogens with zero attached hydrogens (tertiary/aromatic N) is 1. The van der Waals surface area contributed by atoms with Gasteiger partial charge in [0.25, 0.3) is 0 Å². The Morgan fingerprint density at radius 1 is 1.44 bits per heavy atom. The molecule has 0 saturated carbocycles. The monoisotopic (exact) mass is 230 g/mol. The van der Waals surface area contributed by atoms with Crippen molar-refractivity contribution >= 4 is 5.97 Å². The molecule has 5 nitrogen and oxygen atoms in total. The Bertz CT molecular complexity index is 219. The minimum Gasteiger partial charge on any atom is -0.461 e. The first-order valence-electron chi connectivity index (χ1n) is 5.40. The lowest BCUT2D eigenvalue weighted by molar-refractivity contribution is -0.139. The number of nitrogens with one attached hydrogen (secondary N) is 1. The molecule has 0 unspecified atom stereocenters. The Balaban J connectivity index is 3.40. The molecule has 0 radical (unpaired) electrons. The van der Waals surface area contributed by atoms with E-state index in [1.165, 1.54) is 0 Å². The molecule has 0 fully saturated rings.